The van der Waals surface area contributed by atoms with Crippen LogP contribution < -0.4 is 10.0 Å². The highest BCUT2D eigenvalue weighted by Crippen LogP contribution is 2.14. The lowest BCUT2D eigenvalue weighted by Crippen LogP contribution is -2.33. The number of hydrogen-bond donors (Lipinski definition) is 3. The second-order valence-electron chi connectivity index (χ2n) is 3.91. The van der Waals surface area contributed by atoms with Crippen LogP contribution in [0.1, 0.15) is 6.92 Å². The molecule has 0 saturated heterocycles. The van der Waals surface area contributed by atoms with Crippen molar-refractivity contribution in [2.24, 2.45) is 0 Å². The Morgan fingerprint density at radius 2 is 2.26 bits per heavy atom. The van der Waals surface area contributed by atoms with Crippen molar-refractivity contribution in [1.82, 2.24) is 14.7 Å². The summed E-state index contributed by atoms with van der Waals surface area (Å²) in [6, 6.07) is 3.56. The summed E-state index contributed by atoms with van der Waals surface area (Å²) in [5.74, 6) is -0.138. The Morgan fingerprint density at radius 1 is 1.47 bits per heavy atom. The third-order valence-electron chi connectivity index (χ3n) is 2.54. The molecule has 0 bridgehead atoms. The zero-order valence-electron chi connectivity index (χ0n) is 10.3. The summed E-state index contributed by atoms with van der Waals surface area (Å²) < 4.78 is 24.6. The summed E-state index contributed by atoms with van der Waals surface area (Å²) in [5.41, 5.74) is 0.865. The summed E-state index contributed by atoms with van der Waals surface area (Å²) in [5, 5.41) is 3.45. The number of anilines is 1. The Morgan fingerprint density at radius 3 is 3.00 bits per heavy atom. The van der Waals surface area contributed by atoms with Crippen LogP contribution >= 0.6 is 0 Å². The van der Waals surface area contributed by atoms with Crippen LogP contribution in [0.2, 0.25) is 0 Å². The fraction of sp³-hybridized carbons (Fsp3) is 0.273. The van der Waals surface area contributed by atoms with Gasteiger partial charge in [0.05, 0.1) is 24.0 Å². The molecule has 0 unspecified atom stereocenters. The topological polar surface area (TPSA) is 104 Å². The predicted molar refractivity (Wildman–Crippen MR) is 72.2 cm³/mol. The van der Waals surface area contributed by atoms with E-state index < -0.39 is 15.9 Å². The van der Waals surface area contributed by atoms with Gasteiger partial charge in [-0.2, -0.15) is 0 Å². The molecule has 0 radical (unpaired) electrons. The molecular weight excluding hydrogens is 268 g/mol. The first-order chi connectivity index (χ1) is 9.00. The molecule has 19 heavy (non-hydrogen) atoms. The van der Waals surface area contributed by atoms with Crippen molar-refractivity contribution < 1.29 is 13.2 Å². The molecule has 2 aromatic rings. The van der Waals surface area contributed by atoms with E-state index in [1.165, 1.54) is 6.92 Å². The van der Waals surface area contributed by atoms with Crippen LogP contribution in [0.15, 0.2) is 24.5 Å². The molecule has 0 atom stereocenters. The monoisotopic (exact) mass is 282 g/mol. The number of aromatic nitrogens is 2. The number of sulfonamides is 1. The first kappa shape index (κ1) is 13.5. The number of carbonyl (C=O) groups excluding carboxylic acids is 1. The Balaban J connectivity index is 1.98. The van der Waals surface area contributed by atoms with Crippen molar-refractivity contribution in [3.63, 3.8) is 0 Å². The van der Waals surface area contributed by atoms with E-state index in [1.807, 2.05) is 6.07 Å². The second-order valence-corrected chi connectivity index (χ2v) is 6.00. The van der Waals surface area contributed by atoms with E-state index in [0.717, 1.165) is 10.9 Å². The SMILES string of the molecule is CCS(=O)(=O)NCC(=O)Nc1cc2cc[nH]c2cn1. The van der Waals surface area contributed by atoms with Gasteiger partial charge in [0.2, 0.25) is 15.9 Å². The summed E-state index contributed by atoms with van der Waals surface area (Å²) >= 11 is 0. The third kappa shape index (κ3) is 3.52. The maximum Gasteiger partial charge on any atom is 0.240 e. The molecule has 2 aromatic heterocycles. The third-order valence-corrected chi connectivity index (χ3v) is 3.88. The van der Waals surface area contributed by atoms with Gasteiger partial charge in [-0.25, -0.2) is 18.1 Å². The van der Waals surface area contributed by atoms with Crippen molar-refractivity contribution in [3.8, 4) is 0 Å². The number of pyridine rings is 1. The molecule has 102 valence electrons. The summed E-state index contributed by atoms with van der Waals surface area (Å²) in [6.45, 7) is 1.20. The lowest BCUT2D eigenvalue weighted by atomic mass is 10.3. The van der Waals surface area contributed by atoms with E-state index in [0.29, 0.717) is 5.82 Å². The molecule has 0 fully saturated rings. The molecule has 0 spiro atoms. The van der Waals surface area contributed by atoms with Gasteiger partial charge in [-0.1, -0.05) is 0 Å². The molecule has 7 nitrogen and oxygen atoms in total. The molecule has 0 aliphatic carbocycles. The second kappa shape index (κ2) is 5.37. The van der Waals surface area contributed by atoms with E-state index in [1.54, 1.807) is 18.5 Å². The molecule has 2 heterocycles. The molecular formula is C11H14N4O3S. The lowest BCUT2D eigenvalue weighted by molar-refractivity contribution is -0.115. The number of nitrogens with one attached hydrogen (secondary N) is 3. The molecule has 0 aromatic carbocycles. The minimum atomic E-state index is -3.37. The molecule has 0 aliphatic heterocycles. The van der Waals surface area contributed by atoms with E-state index in [2.05, 4.69) is 20.0 Å². The Kier molecular flexibility index (Phi) is 3.82. The van der Waals surface area contributed by atoms with Crippen LogP contribution in [0, 0.1) is 0 Å². The minimum absolute atomic E-state index is 0.0617. The van der Waals surface area contributed by atoms with Crippen LogP contribution in [0.4, 0.5) is 5.82 Å². The number of aromatic amines is 1. The number of rotatable bonds is 5. The van der Waals surface area contributed by atoms with Gasteiger partial charge in [0.25, 0.3) is 0 Å². The number of H-pyrrole nitrogens is 1. The van der Waals surface area contributed by atoms with Crippen molar-refractivity contribution in [1.29, 1.82) is 0 Å². The van der Waals surface area contributed by atoms with Gasteiger partial charge in [0.15, 0.2) is 0 Å². The van der Waals surface area contributed by atoms with E-state index in [4.69, 9.17) is 0 Å². The Hall–Kier alpha value is -1.93. The molecule has 0 saturated carbocycles. The zero-order chi connectivity index (χ0) is 13.9. The quantitative estimate of drug-likeness (QED) is 0.740. The number of nitrogens with zero attached hydrogens (tertiary/aromatic N) is 1. The zero-order valence-corrected chi connectivity index (χ0v) is 11.1. The summed E-state index contributed by atoms with van der Waals surface area (Å²) in [6.07, 6.45) is 3.37. The number of hydrogen-bond acceptors (Lipinski definition) is 4. The predicted octanol–water partition coefficient (Wildman–Crippen LogP) is 0.441. The number of amides is 1. The van der Waals surface area contributed by atoms with Crippen molar-refractivity contribution >= 4 is 32.7 Å². The van der Waals surface area contributed by atoms with Crippen LogP contribution in [0.5, 0.6) is 0 Å². The van der Waals surface area contributed by atoms with E-state index >= 15 is 0 Å². The van der Waals surface area contributed by atoms with Gasteiger partial charge >= 0.3 is 0 Å². The first-order valence-corrected chi connectivity index (χ1v) is 7.36. The molecule has 2 rings (SSSR count). The van der Waals surface area contributed by atoms with Crippen molar-refractivity contribution in [2.45, 2.75) is 6.92 Å². The number of fused-ring (bicyclic) bond motifs is 1. The Labute approximate surface area is 110 Å². The average Bonchev–Trinajstić information content (AvgIpc) is 2.84. The van der Waals surface area contributed by atoms with E-state index in [-0.39, 0.29) is 12.3 Å². The van der Waals surface area contributed by atoms with Crippen molar-refractivity contribution in [3.05, 3.63) is 24.5 Å². The highest BCUT2D eigenvalue weighted by molar-refractivity contribution is 7.89. The number of carbonyl (C=O) groups is 1. The van der Waals surface area contributed by atoms with Crippen LogP contribution in [-0.4, -0.2) is 36.6 Å². The van der Waals surface area contributed by atoms with Gasteiger partial charge in [-0.3, -0.25) is 4.79 Å². The van der Waals surface area contributed by atoms with Crippen LogP contribution in [0.25, 0.3) is 10.9 Å². The maximum atomic E-state index is 11.6. The van der Waals surface area contributed by atoms with Gasteiger partial charge in [-0.05, 0) is 19.1 Å². The lowest BCUT2D eigenvalue weighted by Gasteiger charge is -2.06. The van der Waals surface area contributed by atoms with Crippen LogP contribution in [-0.2, 0) is 14.8 Å². The van der Waals surface area contributed by atoms with Gasteiger partial charge in [0.1, 0.15) is 5.82 Å². The van der Waals surface area contributed by atoms with E-state index in [9.17, 15) is 13.2 Å². The molecule has 0 aliphatic rings. The average molecular weight is 282 g/mol. The first-order valence-electron chi connectivity index (χ1n) is 5.70. The highest BCUT2D eigenvalue weighted by atomic mass is 32.2. The van der Waals surface area contributed by atoms with Gasteiger partial charge in [0, 0.05) is 11.6 Å². The summed E-state index contributed by atoms with van der Waals surface area (Å²) in [4.78, 5) is 18.6. The summed E-state index contributed by atoms with van der Waals surface area (Å²) in [7, 11) is -3.37. The Bertz CT molecular complexity index is 693. The smallest absolute Gasteiger partial charge is 0.240 e. The molecule has 3 N–H and O–H groups in total. The highest BCUT2D eigenvalue weighted by Gasteiger charge is 2.10. The normalized spacial score (nSPS) is 11.6. The fourth-order valence-electron chi connectivity index (χ4n) is 1.48. The maximum absolute atomic E-state index is 11.6. The fourth-order valence-corrected chi connectivity index (χ4v) is 2.04. The molecule has 1 amide bonds. The van der Waals surface area contributed by atoms with Gasteiger partial charge < -0.3 is 10.3 Å². The van der Waals surface area contributed by atoms with Gasteiger partial charge in [-0.15, -0.1) is 0 Å². The minimum Gasteiger partial charge on any atom is -0.360 e. The van der Waals surface area contributed by atoms with Crippen molar-refractivity contribution in [2.75, 3.05) is 17.6 Å². The largest absolute Gasteiger partial charge is 0.360 e. The standard InChI is InChI=1S/C11H14N4O3S/c1-2-19(17,18)14-7-11(16)15-10-5-8-3-4-12-9(8)6-13-10/h3-6,12,14H,2,7H2,1H3,(H,13,15,16). The molecule has 8 heteroatoms. The van der Waals surface area contributed by atoms with Crippen LogP contribution in [0.3, 0.4) is 0 Å².